The molecule has 80 valence electrons. The van der Waals surface area contributed by atoms with Crippen molar-refractivity contribution in [2.45, 2.75) is 13.0 Å². The standard InChI is InChI=1S/C11H12BrNO2/c12-6-11(15)13-4-3-8-1-2-10(14)5-9(8)7-13/h1-2,5,14H,3-4,6-7H2. The zero-order chi connectivity index (χ0) is 10.8. The molecule has 1 aromatic carbocycles. The zero-order valence-electron chi connectivity index (χ0n) is 8.24. The van der Waals surface area contributed by atoms with Gasteiger partial charge in [-0.25, -0.2) is 0 Å². The normalized spacial score (nSPS) is 14.9. The molecular weight excluding hydrogens is 258 g/mol. The number of phenols is 1. The number of nitrogens with zero attached hydrogens (tertiary/aromatic N) is 1. The Bertz CT molecular complexity index is 392. The number of aromatic hydroxyl groups is 1. The van der Waals surface area contributed by atoms with Crippen LogP contribution in [0.25, 0.3) is 0 Å². The number of benzene rings is 1. The Labute approximate surface area is 96.8 Å². The van der Waals surface area contributed by atoms with Crippen molar-refractivity contribution in [2.24, 2.45) is 0 Å². The molecular formula is C11H12BrNO2. The largest absolute Gasteiger partial charge is 0.508 e. The first kappa shape index (κ1) is 10.5. The van der Waals surface area contributed by atoms with E-state index < -0.39 is 0 Å². The van der Waals surface area contributed by atoms with Crippen LogP contribution in [0.5, 0.6) is 5.75 Å². The van der Waals surface area contributed by atoms with Gasteiger partial charge in [-0.1, -0.05) is 22.0 Å². The average Bonchev–Trinajstić information content (AvgIpc) is 2.27. The van der Waals surface area contributed by atoms with Crippen LogP contribution in [-0.4, -0.2) is 27.8 Å². The summed E-state index contributed by atoms with van der Waals surface area (Å²) in [4.78, 5) is 13.3. The van der Waals surface area contributed by atoms with Crippen LogP contribution in [0.2, 0.25) is 0 Å². The highest BCUT2D eigenvalue weighted by Crippen LogP contribution is 2.23. The molecule has 4 heteroatoms. The summed E-state index contributed by atoms with van der Waals surface area (Å²) in [6.07, 6.45) is 0.869. The van der Waals surface area contributed by atoms with Crippen LogP contribution in [0.15, 0.2) is 18.2 Å². The van der Waals surface area contributed by atoms with Gasteiger partial charge in [-0.2, -0.15) is 0 Å². The summed E-state index contributed by atoms with van der Waals surface area (Å²) in [6, 6.07) is 5.37. The minimum atomic E-state index is 0.101. The van der Waals surface area contributed by atoms with Crippen LogP contribution >= 0.6 is 15.9 Å². The van der Waals surface area contributed by atoms with Crippen molar-refractivity contribution in [3.8, 4) is 5.75 Å². The molecule has 2 rings (SSSR count). The number of hydrogen-bond acceptors (Lipinski definition) is 2. The van der Waals surface area contributed by atoms with Gasteiger partial charge in [0, 0.05) is 13.1 Å². The minimum absolute atomic E-state index is 0.101. The molecule has 0 unspecified atom stereocenters. The number of fused-ring (bicyclic) bond motifs is 1. The van der Waals surface area contributed by atoms with Gasteiger partial charge in [-0.3, -0.25) is 4.79 Å². The van der Waals surface area contributed by atoms with E-state index in [4.69, 9.17) is 0 Å². The van der Waals surface area contributed by atoms with Crippen molar-refractivity contribution < 1.29 is 9.90 Å². The van der Waals surface area contributed by atoms with Crippen LogP contribution in [0.3, 0.4) is 0 Å². The monoisotopic (exact) mass is 269 g/mol. The zero-order valence-corrected chi connectivity index (χ0v) is 9.83. The fourth-order valence-corrected chi connectivity index (χ4v) is 2.20. The van der Waals surface area contributed by atoms with Crippen molar-refractivity contribution in [3.05, 3.63) is 29.3 Å². The van der Waals surface area contributed by atoms with E-state index >= 15 is 0 Å². The number of halogens is 1. The maximum atomic E-state index is 11.5. The van der Waals surface area contributed by atoms with Crippen LogP contribution in [-0.2, 0) is 17.8 Å². The molecule has 1 aliphatic heterocycles. The third-order valence-corrected chi connectivity index (χ3v) is 3.15. The molecule has 0 saturated carbocycles. The Morgan fingerprint density at radius 3 is 3.00 bits per heavy atom. The summed E-state index contributed by atoms with van der Waals surface area (Å²) < 4.78 is 0. The van der Waals surface area contributed by atoms with E-state index in [9.17, 15) is 9.90 Å². The van der Waals surface area contributed by atoms with E-state index in [1.807, 2.05) is 6.07 Å². The van der Waals surface area contributed by atoms with Crippen molar-refractivity contribution in [3.63, 3.8) is 0 Å². The molecule has 0 aromatic heterocycles. The number of alkyl halides is 1. The van der Waals surface area contributed by atoms with Gasteiger partial charge < -0.3 is 10.0 Å². The molecule has 1 aromatic rings. The number of carbonyl (C=O) groups is 1. The fourth-order valence-electron chi connectivity index (χ4n) is 1.84. The number of phenolic OH excluding ortho intramolecular Hbond substituents is 1. The number of rotatable bonds is 1. The third kappa shape index (κ3) is 2.15. The van der Waals surface area contributed by atoms with Crippen molar-refractivity contribution in [1.82, 2.24) is 4.90 Å². The summed E-state index contributed by atoms with van der Waals surface area (Å²) in [5.41, 5.74) is 2.28. The third-order valence-electron chi connectivity index (χ3n) is 2.67. The number of amides is 1. The second-order valence-electron chi connectivity index (χ2n) is 3.65. The Kier molecular flexibility index (Phi) is 2.95. The number of hydrogen-bond donors (Lipinski definition) is 1. The van der Waals surface area contributed by atoms with Crippen molar-refractivity contribution in [1.29, 1.82) is 0 Å². The molecule has 0 fully saturated rings. The highest BCUT2D eigenvalue weighted by molar-refractivity contribution is 9.09. The van der Waals surface area contributed by atoms with Crippen molar-refractivity contribution >= 4 is 21.8 Å². The molecule has 0 spiro atoms. The van der Waals surface area contributed by atoms with Gasteiger partial charge in [0.1, 0.15) is 5.75 Å². The van der Waals surface area contributed by atoms with E-state index in [-0.39, 0.29) is 11.7 Å². The lowest BCUT2D eigenvalue weighted by molar-refractivity contribution is -0.129. The minimum Gasteiger partial charge on any atom is -0.508 e. The maximum Gasteiger partial charge on any atom is 0.233 e. The van der Waals surface area contributed by atoms with Crippen LogP contribution < -0.4 is 0 Å². The van der Waals surface area contributed by atoms with Gasteiger partial charge >= 0.3 is 0 Å². The molecule has 0 bridgehead atoms. The molecule has 0 radical (unpaired) electrons. The van der Waals surface area contributed by atoms with Crippen LogP contribution in [0, 0.1) is 0 Å². The van der Waals surface area contributed by atoms with E-state index in [2.05, 4.69) is 15.9 Å². The Balaban J connectivity index is 2.22. The molecule has 0 saturated heterocycles. The lowest BCUT2D eigenvalue weighted by Gasteiger charge is -2.28. The molecule has 15 heavy (non-hydrogen) atoms. The molecule has 3 nitrogen and oxygen atoms in total. The van der Waals surface area contributed by atoms with E-state index in [0.717, 1.165) is 18.5 Å². The molecule has 1 heterocycles. The molecule has 0 aliphatic carbocycles. The second kappa shape index (κ2) is 4.23. The first-order chi connectivity index (χ1) is 7.20. The summed E-state index contributed by atoms with van der Waals surface area (Å²) in [5, 5.41) is 9.72. The first-order valence-electron chi connectivity index (χ1n) is 4.85. The Morgan fingerprint density at radius 2 is 2.27 bits per heavy atom. The van der Waals surface area contributed by atoms with Gasteiger partial charge in [0.05, 0.1) is 5.33 Å². The Morgan fingerprint density at radius 1 is 1.47 bits per heavy atom. The van der Waals surface area contributed by atoms with Crippen LogP contribution in [0.1, 0.15) is 11.1 Å². The Hall–Kier alpha value is -1.03. The summed E-state index contributed by atoms with van der Waals surface area (Å²) in [7, 11) is 0. The fraction of sp³-hybridized carbons (Fsp3) is 0.364. The SMILES string of the molecule is O=C(CBr)N1CCc2ccc(O)cc2C1. The quantitative estimate of drug-likeness (QED) is 0.789. The maximum absolute atomic E-state index is 11.5. The lowest BCUT2D eigenvalue weighted by atomic mass is 9.99. The summed E-state index contributed by atoms with van der Waals surface area (Å²) in [6.45, 7) is 1.37. The highest BCUT2D eigenvalue weighted by Gasteiger charge is 2.19. The average molecular weight is 270 g/mol. The molecule has 0 atom stereocenters. The predicted molar refractivity (Wildman–Crippen MR) is 61.0 cm³/mol. The predicted octanol–water partition coefficient (Wildman–Crippen LogP) is 1.67. The van der Waals surface area contributed by atoms with Gasteiger partial charge in [0.2, 0.25) is 5.91 Å². The highest BCUT2D eigenvalue weighted by atomic mass is 79.9. The molecule has 1 amide bonds. The topological polar surface area (TPSA) is 40.5 Å². The number of carbonyl (C=O) groups excluding carboxylic acids is 1. The van der Waals surface area contributed by atoms with Gasteiger partial charge in [-0.05, 0) is 29.7 Å². The van der Waals surface area contributed by atoms with E-state index in [1.165, 1.54) is 5.56 Å². The second-order valence-corrected chi connectivity index (χ2v) is 4.21. The van der Waals surface area contributed by atoms with Gasteiger partial charge in [-0.15, -0.1) is 0 Å². The van der Waals surface area contributed by atoms with E-state index in [1.54, 1.807) is 17.0 Å². The van der Waals surface area contributed by atoms with Crippen molar-refractivity contribution in [2.75, 3.05) is 11.9 Å². The smallest absolute Gasteiger partial charge is 0.233 e. The van der Waals surface area contributed by atoms with Gasteiger partial charge in [0.25, 0.3) is 0 Å². The molecule has 1 aliphatic rings. The summed E-state index contributed by atoms with van der Waals surface area (Å²) in [5.74, 6) is 0.367. The van der Waals surface area contributed by atoms with Crippen LogP contribution in [0.4, 0.5) is 0 Å². The first-order valence-corrected chi connectivity index (χ1v) is 5.97. The van der Waals surface area contributed by atoms with E-state index in [0.29, 0.717) is 11.9 Å². The lowest BCUT2D eigenvalue weighted by Crippen LogP contribution is -2.36. The van der Waals surface area contributed by atoms with Gasteiger partial charge in [0.15, 0.2) is 0 Å². The summed E-state index contributed by atoms with van der Waals surface area (Å²) >= 11 is 3.16. The molecule has 1 N–H and O–H groups in total.